The Morgan fingerprint density at radius 2 is 1.72 bits per heavy atom. The third-order valence-corrected chi connectivity index (χ3v) is 3.89. The minimum Gasteiger partial charge on any atom is -0.398 e. The molecule has 150 valence electrons. The highest BCUT2D eigenvalue weighted by Crippen LogP contribution is 2.13. The molecule has 0 bridgehead atoms. The van der Waals surface area contributed by atoms with Crippen molar-refractivity contribution in [1.82, 2.24) is 5.32 Å². The van der Waals surface area contributed by atoms with Crippen LogP contribution in [0.25, 0.3) is 0 Å². The molecular formula is C21H22N4O4. The molecule has 29 heavy (non-hydrogen) atoms. The van der Waals surface area contributed by atoms with E-state index in [2.05, 4.69) is 20.6 Å². The molecule has 1 N–H and O–H groups in total. The number of nitrogens with zero attached hydrogens (tertiary/aromatic N) is 3. The normalized spacial score (nSPS) is 12.3. The van der Waals surface area contributed by atoms with Gasteiger partial charge >= 0.3 is 0 Å². The van der Waals surface area contributed by atoms with Gasteiger partial charge < -0.3 is 15.0 Å². The summed E-state index contributed by atoms with van der Waals surface area (Å²) in [6.07, 6.45) is 0.466. The summed E-state index contributed by atoms with van der Waals surface area (Å²) in [5, 5.41) is 10.4. The van der Waals surface area contributed by atoms with Gasteiger partial charge in [0.25, 0.3) is 5.91 Å². The second-order valence-corrected chi connectivity index (χ2v) is 5.76. The van der Waals surface area contributed by atoms with Gasteiger partial charge in [-0.05, 0) is 6.92 Å². The molecule has 2 aromatic carbocycles. The lowest BCUT2D eigenvalue weighted by molar-refractivity contribution is -0.114. The molecular weight excluding hydrogens is 372 g/mol. The quantitative estimate of drug-likeness (QED) is 0.401. The molecule has 0 aliphatic rings. The van der Waals surface area contributed by atoms with E-state index < -0.39 is 0 Å². The lowest BCUT2D eigenvalue weighted by Crippen LogP contribution is -2.29. The Hall–Kier alpha value is -3.81. The third-order valence-electron chi connectivity index (χ3n) is 3.89. The average Bonchev–Trinajstić information content (AvgIpc) is 2.76. The second-order valence-electron chi connectivity index (χ2n) is 5.76. The number of oxime groups is 2. The van der Waals surface area contributed by atoms with Gasteiger partial charge in [-0.15, -0.1) is 0 Å². The zero-order valence-electron chi connectivity index (χ0n) is 16.5. The molecule has 2 rings (SSSR count). The molecule has 0 heterocycles. The highest BCUT2D eigenvalue weighted by Gasteiger charge is 2.17. The first kappa shape index (κ1) is 21.5. The highest BCUT2D eigenvalue weighted by molar-refractivity contribution is 6.48. The third kappa shape index (κ3) is 5.83. The molecule has 8 heteroatoms. The Balaban J connectivity index is 2.24. The summed E-state index contributed by atoms with van der Waals surface area (Å²) < 4.78 is 0. The van der Waals surface area contributed by atoms with E-state index in [0.29, 0.717) is 29.0 Å². The van der Waals surface area contributed by atoms with Crippen LogP contribution in [0.5, 0.6) is 0 Å². The van der Waals surface area contributed by atoms with Crippen LogP contribution in [0.15, 0.2) is 69.9 Å². The first-order chi connectivity index (χ1) is 14.1. The van der Waals surface area contributed by atoms with Crippen molar-refractivity contribution in [1.29, 1.82) is 0 Å². The number of amides is 2. The van der Waals surface area contributed by atoms with Crippen LogP contribution in [-0.4, -0.2) is 43.6 Å². The fraction of sp³-hybridized carbons (Fsp3) is 0.190. The van der Waals surface area contributed by atoms with E-state index in [4.69, 9.17) is 9.68 Å². The first-order valence-electron chi connectivity index (χ1n) is 8.77. The molecule has 0 atom stereocenters. The summed E-state index contributed by atoms with van der Waals surface area (Å²) in [6, 6.07) is 16.3. The first-order valence-corrected chi connectivity index (χ1v) is 8.77. The van der Waals surface area contributed by atoms with E-state index in [1.54, 1.807) is 25.1 Å². The Kier molecular flexibility index (Phi) is 8.25. The van der Waals surface area contributed by atoms with Crippen LogP contribution in [0.3, 0.4) is 0 Å². The summed E-state index contributed by atoms with van der Waals surface area (Å²) in [7, 11) is 2.88. The van der Waals surface area contributed by atoms with Gasteiger partial charge in [0, 0.05) is 23.7 Å². The molecule has 0 saturated heterocycles. The Morgan fingerprint density at radius 3 is 2.38 bits per heavy atom. The van der Waals surface area contributed by atoms with Gasteiger partial charge in [0.15, 0.2) is 5.71 Å². The maximum Gasteiger partial charge on any atom is 0.273 e. The van der Waals surface area contributed by atoms with E-state index in [1.807, 2.05) is 36.4 Å². The molecule has 2 aromatic rings. The summed E-state index contributed by atoms with van der Waals surface area (Å²) in [6.45, 7) is 1.78. The van der Waals surface area contributed by atoms with Gasteiger partial charge in [-0.25, -0.2) is 4.99 Å². The van der Waals surface area contributed by atoms with Crippen LogP contribution >= 0.6 is 0 Å². The Labute approximate surface area is 168 Å². The number of hydrogen-bond acceptors (Lipinski definition) is 6. The van der Waals surface area contributed by atoms with Crippen molar-refractivity contribution >= 4 is 29.5 Å². The van der Waals surface area contributed by atoms with E-state index in [-0.39, 0.29) is 18.2 Å². The predicted octanol–water partition coefficient (Wildman–Crippen LogP) is 2.32. The summed E-state index contributed by atoms with van der Waals surface area (Å²) in [5.41, 5.74) is 2.99. The maximum atomic E-state index is 12.1. The largest absolute Gasteiger partial charge is 0.398 e. The Bertz CT molecular complexity index is 937. The van der Waals surface area contributed by atoms with Crippen LogP contribution < -0.4 is 5.32 Å². The molecule has 0 fully saturated rings. The number of likely N-dealkylation sites (N-methyl/N-ethyl adjacent to an activating group) is 1. The Morgan fingerprint density at radius 1 is 1.03 bits per heavy atom. The van der Waals surface area contributed by atoms with Crippen molar-refractivity contribution in [3.05, 3.63) is 71.3 Å². The van der Waals surface area contributed by atoms with Crippen molar-refractivity contribution in [3.63, 3.8) is 0 Å². The highest BCUT2D eigenvalue weighted by atomic mass is 16.6. The smallest absolute Gasteiger partial charge is 0.273 e. The fourth-order valence-corrected chi connectivity index (χ4v) is 2.57. The summed E-state index contributed by atoms with van der Waals surface area (Å²) >= 11 is 0. The number of benzene rings is 2. The summed E-state index contributed by atoms with van der Waals surface area (Å²) in [5.74, 6) is -0.386. The number of rotatable bonds is 9. The fourth-order valence-electron chi connectivity index (χ4n) is 2.57. The molecule has 2 amide bonds. The monoisotopic (exact) mass is 394 g/mol. The molecule has 0 aliphatic carbocycles. The van der Waals surface area contributed by atoms with Crippen molar-refractivity contribution in [2.75, 3.05) is 14.2 Å². The molecule has 0 spiro atoms. The standard InChI is InChI=1S/C21H22N4O4/c1-15(19(23-14-26)16-9-5-4-6-10-16)24-29-13-17-11-7-8-12-18(17)20(25-28-3)21(27)22-2/h4-12,14H,13H2,1-3H3,(H,22,27)/b23-19?,24-15+,25-20+. The minimum atomic E-state index is -0.386. The van der Waals surface area contributed by atoms with Gasteiger partial charge in [0.05, 0.1) is 5.71 Å². The van der Waals surface area contributed by atoms with E-state index in [0.717, 1.165) is 5.56 Å². The number of hydrogen-bond donors (Lipinski definition) is 1. The lowest BCUT2D eigenvalue weighted by atomic mass is 10.0. The van der Waals surface area contributed by atoms with Gasteiger partial charge in [0.2, 0.25) is 6.41 Å². The number of aliphatic imine (C=N–C) groups is 1. The minimum absolute atomic E-state index is 0.0798. The number of carbonyl (C=O) groups is 2. The van der Waals surface area contributed by atoms with Gasteiger partial charge in [0.1, 0.15) is 19.4 Å². The average molecular weight is 394 g/mol. The summed E-state index contributed by atoms with van der Waals surface area (Å²) in [4.78, 5) is 37.2. The molecule has 0 unspecified atom stereocenters. The zero-order chi connectivity index (χ0) is 21.1. The van der Waals surface area contributed by atoms with E-state index >= 15 is 0 Å². The SMILES string of the molecule is CNC(=O)/C(=N/OC)c1ccccc1CO/N=C(\C)C(=NC=O)c1ccccc1. The van der Waals surface area contributed by atoms with Crippen LogP contribution in [0.1, 0.15) is 23.6 Å². The molecule has 0 saturated carbocycles. The molecule has 0 aromatic heterocycles. The number of nitrogens with one attached hydrogen (secondary N) is 1. The van der Waals surface area contributed by atoms with Crippen molar-refractivity contribution in [3.8, 4) is 0 Å². The molecule has 8 nitrogen and oxygen atoms in total. The topological polar surface area (TPSA) is 102 Å². The lowest BCUT2D eigenvalue weighted by Gasteiger charge is -2.10. The number of carbonyl (C=O) groups excluding carboxylic acids is 2. The van der Waals surface area contributed by atoms with Crippen LogP contribution in [0.4, 0.5) is 0 Å². The molecule has 0 aliphatic heterocycles. The van der Waals surface area contributed by atoms with Gasteiger partial charge in [-0.2, -0.15) is 0 Å². The predicted molar refractivity (Wildman–Crippen MR) is 111 cm³/mol. The van der Waals surface area contributed by atoms with Crippen LogP contribution in [-0.2, 0) is 25.9 Å². The van der Waals surface area contributed by atoms with E-state index in [1.165, 1.54) is 14.2 Å². The van der Waals surface area contributed by atoms with Crippen molar-refractivity contribution in [2.24, 2.45) is 15.3 Å². The van der Waals surface area contributed by atoms with Gasteiger partial charge in [-0.1, -0.05) is 64.9 Å². The zero-order valence-corrected chi connectivity index (χ0v) is 16.5. The van der Waals surface area contributed by atoms with Crippen LogP contribution in [0, 0.1) is 0 Å². The van der Waals surface area contributed by atoms with Crippen LogP contribution in [0.2, 0.25) is 0 Å². The van der Waals surface area contributed by atoms with Crippen molar-refractivity contribution in [2.45, 2.75) is 13.5 Å². The second kappa shape index (κ2) is 11.1. The van der Waals surface area contributed by atoms with Gasteiger partial charge in [-0.3, -0.25) is 9.59 Å². The van der Waals surface area contributed by atoms with E-state index in [9.17, 15) is 9.59 Å². The maximum absolute atomic E-state index is 12.1. The molecule has 0 radical (unpaired) electrons. The van der Waals surface area contributed by atoms with Crippen molar-refractivity contribution < 1.29 is 19.3 Å².